The van der Waals surface area contributed by atoms with Crippen LogP contribution in [-0.2, 0) is 23.0 Å². The predicted molar refractivity (Wildman–Crippen MR) is 121 cm³/mol. The van der Waals surface area contributed by atoms with Gasteiger partial charge in [0.15, 0.2) is 0 Å². The molecule has 1 aromatic carbocycles. The Morgan fingerprint density at radius 3 is 2.39 bits per heavy atom. The zero-order valence-electron chi connectivity index (χ0n) is 18.5. The van der Waals surface area contributed by atoms with Gasteiger partial charge < -0.3 is 4.90 Å². The lowest BCUT2D eigenvalue weighted by molar-refractivity contribution is 0.385. The largest absolute Gasteiger partial charge is 0.369 e. The van der Waals surface area contributed by atoms with Crippen LogP contribution in [0.3, 0.4) is 0 Å². The zero-order chi connectivity index (χ0) is 22.3. The number of rotatable bonds is 5. The fraction of sp³-hybridized carbons (Fsp3) is 0.455. The van der Waals surface area contributed by atoms with Crippen molar-refractivity contribution in [2.75, 3.05) is 31.1 Å². The zero-order valence-corrected chi connectivity index (χ0v) is 19.3. The second-order valence-corrected chi connectivity index (χ2v) is 9.94. The van der Waals surface area contributed by atoms with Crippen LogP contribution in [0.4, 0.5) is 5.69 Å². The minimum absolute atomic E-state index is 0.148. The Labute approximate surface area is 182 Å². The first-order chi connectivity index (χ1) is 14.8. The monoisotopic (exact) mass is 443 g/mol. The highest BCUT2D eigenvalue weighted by Gasteiger charge is 2.30. The molecule has 3 heterocycles. The quantitative estimate of drug-likeness (QED) is 0.604. The van der Waals surface area contributed by atoms with E-state index in [4.69, 9.17) is 0 Å². The molecule has 0 aliphatic carbocycles. The Morgan fingerprint density at radius 1 is 1.03 bits per heavy atom. The van der Waals surface area contributed by atoms with Gasteiger partial charge in [0, 0.05) is 51.0 Å². The summed E-state index contributed by atoms with van der Waals surface area (Å²) in [5.41, 5.74) is 3.61. The number of aromatic nitrogens is 3. The van der Waals surface area contributed by atoms with Crippen molar-refractivity contribution in [3.05, 3.63) is 57.8 Å². The van der Waals surface area contributed by atoms with Gasteiger partial charge in [0.05, 0.1) is 0 Å². The maximum atomic E-state index is 13.4. The highest BCUT2D eigenvalue weighted by atomic mass is 32.2. The number of aryl methyl sites for hydroxylation is 4. The molecule has 0 spiro atoms. The normalized spacial score (nSPS) is 15.7. The van der Waals surface area contributed by atoms with Gasteiger partial charge in [-0.3, -0.25) is 9.20 Å². The van der Waals surface area contributed by atoms with Gasteiger partial charge in [-0.05, 0) is 44.0 Å². The SMILES string of the molecule is CCc1nn(CC)c(=O)c2cc(S(=O)(=O)N3CCN(c4cc(C)ccc4C)CC3)cn12. The summed E-state index contributed by atoms with van der Waals surface area (Å²) in [6, 6.07) is 7.83. The standard InChI is InChI=1S/C22H29N5O3S/c1-5-21-23-27(6-2)22(28)20-14-18(15-26(20)21)31(29,30)25-11-9-24(10-12-25)19-13-16(3)7-8-17(19)4/h7-8,13-15H,5-6,9-12H2,1-4H3. The van der Waals surface area contributed by atoms with E-state index in [1.165, 1.54) is 32.4 Å². The third-order valence-corrected chi connectivity index (χ3v) is 7.82. The molecule has 4 rings (SSSR count). The van der Waals surface area contributed by atoms with E-state index in [1.807, 2.05) is 13.8 Å². The second kappa shape index (κ2) is 8.12. The lowest BCUT2D eigenvalue weighted by Crippen LogP contribution is -2.48. The summed E-state index contributed by atoms with van der Waals surface area (Å²) in [6.07, 6.45) is 2.13. The predicted octanol–water partition coefficient (Wildman–Crippen LogP) is 2.21. The smallest absolute Gasteiger partial charge is 0.291 e. The Bertz CT molecular complexity index is 1280. The summed E-state index contributed by atoms with van der Waals surface area (Å²) < 4.78 is 31.2. The number of piperazine rings is 1. The fourth-order valence-corrected chi connectivity index (χ4v) is 5.60. The molecule has 0 radical (unpaired) electrons. The molecule has 31 heavy (non-hydrogen) atoms. The van der Waals surface area contributed by atoms with E-state index in [-0.39, 0.29) is 10.5 Å². The summed E-state index contributed by atoms with van der Waals surface area (Å²) in [6.45, 7) is 10.4. The van der Waals surface area contributed by atoms with Gasteiger partial charge in [-0.1, -0.05) is 19.1 Å². The third kappa shape index (κ3) is 3.76. The summed E-state index contributed by atoms with van der Waals surface area (Å²) in [7, 11) is -3.70. The van der Waals surface area contributed by atoms with Crippen molar-refractivity contribution >= 4 is 21.2 Å². The van der Waals surface area contributed by atoms with Crippen LogP contribution in [-0.4, -0.2) is 53.1 Å². The van der Waals surface area contributed by atoms with Crippen molar-refractivity contribution in [1.82, 2.24) is 18.5 Å². The summed E-state index contributed by atoms with van der Waals surface area (Å²) in [5.74, 6) is 0.664. The lowest BCUT2D eigenvalue weighted by Gasteiger charge is -2.36. The molecule has 1 fully saturated rings. The van der Waals surface area contributed by atoms with E-state index < -0.39 is 10.0 Å². The molecular weight excluding hydrogens is 414 g/mol. The van der Waals surface area contributed by atoms with Crippen LogP contribution >= 0.6 is 0 Å². The molecule has 8 nitrogen and oxygen atoms in total. The van der Waals surface area contributed by atoms with E-state index in [9.17, 15) is 13.2 Å². The average molecular weight is 444 g/mol. The van der Waals surface area contributed by atoms with E-state index in [0.717, 1.165) is 5.69 Å². The van der Waals surface area contributed by atoms with Crippen molar-refractivity contribution in [2.24, 2.45) is 0 Å². The van der Waals surface area contributed by atoms with E-state index >= 15 is 0 Å². The molecule has 3 aromatic rings. The van der Waals surface area contributed by atoms with Gasteiger partial charge in [0.1, 0.15) is 16.2 Å². The number of nitrogens with zero attached hydrogens (tertiary/aromatic N) is 5. The van der Waals surface area contributed by atoms with Crippen LogP contribution in [0.25, 0.3) is 5.52 Å². The van der Waals surface area contributed by atoms with Gasteiger partial charge in [-0.25, -0.2) is 13.1 Å². The Kier molecular flexibility index (Phi) is 5.65. The van der Waals surface area contributed by atoms with Gasteiger partial charge in [-0.2, -0.15) is 9.40 Å². The first-order valence-electron chi connectivity index (χ1n) is 10.7. The minimum Gasteiger partial charge on any atom is -0.369 e. The van der Waals surface area contributed by atoms with Crippen molar-refractivity contribution in [2.45, 2.75) is 45.6 Å². The average Bonchev–Trinajstić information content (AvgIpc) is 3.23. The Morgan fingerprint density at radius 2 is 1.74 bits per heavy atom. The van der Waals surface area contributed by atoms with Crippen LogP contribution in [0.1, 0.15) is 30.8 Å². The Hall–Kier alpha value is -2.65. The van der Waals surface area contributed by atoms with Gasteiger partial charge in [0.2, 0.25) is 10.0 Å². The van der Waals surface area contributed by atoms with Gasteiger partial charge >= 0.3 is 0 Å². The molecule has 0 N–H and O–H groups in total. The fourth-order valence-electron chi connectivity index (χ4n) is 4.16. The van der Waals surface area contributed by atoms with Crippen LogP contribution < -0.4 is 10.5 Å². The number of sulfonamides is 1. The molecule has 0 atom stereocenters. The van der Waals surface area contributed by atoms with E-state index in [2.05, 4.69) is 42.0 Å². The lowest BCUT2D eigenvalue weighted by atomic mass is 10.1. The highest BCUT2D eigenvalue weighted by Crippen LogP contribution is 2.25. The summed E-state index contributed by atoms with van der Waals surface area (Å²) in [5, 5.41) is 4.36. The number of anilines is 1. The van der Waals surface area contributed by atoms with E-state index in [1.54, 1.807) is 4.40 Å². The molecule has 2 aromatic heterocycles. The molecule has 0 saturated carbocycles. The first kappa shape index (κ1) is 21.6. The van der Waals surface area contributed by atoms with Crippen molar-refractivity contribution in [3.63, 3.8) is 0 Å². The number of benzene rings is 1. The number of hydrogen-bond donors (Lipinski definition) is 0. The Balaban J connectivity index is 1.62. The first-order valence-corrected chi connectivity index (χ1v) is 12.1. The van der Waals surface area contributed by atoms with Crippen LogP contribution in [0.2, 0.25) is 0 Å². The molecule has 166 valence electrons. The van der Waals surface area contributed by atoms with Crippen LogP contribution in [0, 0.1) is 13.8 Å². The molecular formula is C22H29N5O3S. The highest BCUT2D eigenvalue weighted by molar-refractivity contribution is 7.89. The molecule has 1 aliphatic rings. The maximum Gasteiger partial charge on any atom is 0.291 e. The van der Waals surface area contributed by atoms with Crippen molar-refractivity contribution in [1.29, 1.82) is 0 Å². The molecule has 1 aliphatic heterocycles. The van der Waals surface area contributed by atoms with Crippen molar-refractivity contribution < 1.29 is 8.42 Å². The van der Waals surface area contributed by atoms with E-state index in [0.29, 0.717) is 50.5 Å². The summed E-state index contributed by atoms with van der Waals surface area (Å²) >= 11 is 0. The van der Waals surface area contributed by atoms with Gasteiger partial charge in [0.25, 0.3) is 5.56 Å². The van der Waals surface area contributed by atoms with Crippen LogP contribution in [0.5, 0.6) is 0 Å². The maximum absolute atomic E-state index is 13.4. The molecule has 0 unspecified atom stereocenters. The molecule has 0 bridgehead atoms. The topological polar surface area (TPSA) is 79.9 Å². The minimum atomic E-state index is -3.70. The second-order valence-electron chi connectivity index (χ2n) is 8.00. The van der Waals surface area contributed by atoms with Gasteiger partial charge in [-0.15, -0.1) is 0 Å². The van der Waals surface area contributed by atoms with Crippen LogP contribution in [0.15, 0.2) is 40.2 Å². The molecule has 0 amide bonds. The molecule has 9 heteroatoms. The molecule has 1 saturated heterocycles. The third-order valence-electron chi connectivity index (χ3n) is 5.96. The van der Waals surface area contributed by atoms with Crippen molar-refractivity contribution in [3.8, 4) is 0 Å². The number of hydrogen-bond acceptors (Lipinski definition) is 5. The summed E-state index contributed by atoms with van der Waals surface area (Å²) in [4.78, 5) is 15.1. The number of fused-ring (bicyclic) bond motifs is 1.